The third-order valence-electron chi connectivity index (χ3n) is 4.36. The van der Waals surface area contributed by atoms with Gasteiger partial charge in [-0.1, -0.05) is 12.1 Å². The van der Waals surface area contributed by atoms with Crippen molar-refractivity contribution < 1.29 is 9.59 Å². The van der Waals surface area contributed by atoms with Crippen molar-refractivity contribution in [3.8, 4) is 0 Å². The lowest BCUT2D eigenvalue weighted by Crippen LogP contribution is -2.13. The lowest BCUT2D eigenvalue weighted by Gasteiger charge is -2.11. The van der Waals surface area contributed by atoms with E-state index in [9.17, 15) is 9.59 Å². The van der Waals surface area contributed by atoms with Crippen LogP contribution in [0.2, 0.25) is 0 Å². The number of hydrogen-bond donors (Lipinski definition) is 3. The van der Waals surface area contributed by atoms with E-state index in [-0.39, 0.29) is 11.8 Å². The Kier molecular flexibility index (Phi) is 5.69. The fraction of sp³-hybridized carbons (Fsp3) is 0.136. The molecule has 0 radical (unpaired) electrons. The van der Waals surface area contributed by atoms with Gasteiger partial charge < -0.3 is 16.0 Å². The molecule has 0 bridgehead atoms. The summed E-state index contributed by atoms with van der Waals surface area (Å²) >= 11 is 0. The maximum Gasteiger partial charge on any atom is 0.257 e. The first-order valence-electron chi connectivity index (χ1n) is 8.90. The topological polar surface area (TPSA) is 83.1 Å². The molecule has 1 aromatic heterocycles. The number of carbonyl (C=O) groups is 2. The molecule has 0 spiro atoms. The van der Waals surface area contributed by atoms with E-state index in [1.807, 2.05) is 44.2 Å². The van der Waals surface area contributed by atoms with E-state index in [1.54, 1.807) is 24.3 Å². The van der Waals surface area contributed by atoms with E-state index in [4.69, 9.17) is 0 Å². The van der Waals surface area contributed by atoms with E-state index < -0.39 is 0 Å². The van der Waals surface area contributed by atoms with Gasteiger partial charge in [0.05, 0.1) is 5.56 Å². The van der Waals surface area contributed by atoms with Gasteiger partial charge in [0.15, 0.2) is 0 Å². The van der Waals surface area contributed by atoms with Gasteiger partial charge in [-0.15, -0.1) is 0 Å². The number of benzene rings is 2. The van der Waals surface area contributed by atoms with Gasteiger partial charge in [-0.25, -0.2) is 4.98 Å². The van der Waals surface area contributed by atoms with E-state index >= 15 is 0 Å². The SMILES string of the molecule is CC(=O)Nc1ccc(Nc2ccc(C(=O)Nc3cccc(C)c3C)cn2)cc1. The van der Waals surface area contributed by atoms with Gasteiger partial charge in [-0.3, -0.25) is 9.59 Å². The molecule has 0 atom stereocenters. The molecule has 3 N–H and O–H groups in total. The molecule has 28 heavy (non-hydrogen) atoms. The van der Waals surface area contributed by atoms with E-state index in [1.165, 1.54) is 13.1 Å². The first-order valence-corrected chi connectivity index (χ1v) is 8.90. The summed E-state index contributed by atoms with van der Waals surface area (Å²) in [6.07, 6.45) is 1.54. The van der Waals surface area contributed by atoms with Crippen molar-refractivity contribution in [2.45, 2.75) is 20.8 Å². The minimum absolute atomic E-state index is 0.114. The van der Waals surface area contributed by atoms with E-state index in [0.717, 1.165) is 28.2 Å². The molecule has 0 aliphatic carbocycles. The minimum Gasteiger partial charge on any atom is -0.340 e. The molecule has 6 heteroatoms. The standard InChI is InChI=1S/C22H22N4O2/c1-14-5-4-6-20(15(14)2)26-22(28)17-7-12-21(23-13-17)25-19-10-8-18(9-11-19)24-16(3)27/h4-13H,1-3H3,(H,23,25)(H,24,27)(H,26,28). The number of hydrogen-bond acceptors (Lipinski definition) is 4. The number of aryl methyl sites for hydroxylation is 1. The first-order chi connectivity index (χ1) is 13.4. The zero-order valence-electron chi connectivity index (χ0n) is 16.0. The number of amides is 2. The van der Waals surface area contributed by atoms with Crippen LogP contribution < -0.4 is 16.0 Å². The number of aromatic nitrogens is 1. The van der Waals surface area contributed by atoms with Gasteiger partial charge >= 0.3 is 0 Å². The Morgan fingerprint density at radius 1 is 0.857 bits per heavy atom. The van der Waals surface area contributed by atoms with Crippen molar-refractivity contribution in [3.05, 3.63) is 77.5 Å². The second-order valence-electron chi connectivity index (χ2n) is 6.52. The summed E-state index contributed by atoms with van der Waals surface area (Å²) in [5.74, 6) is 0.306. The van der Waals surface area contributed by atoms with Crippen LogP contribution in [0.25, 0.3) is 0 Å². The van der Waals surface area contributed by atoms with Gasteiger partial charge in [-0.2, -0.15) is 0 Å². The lowest BCUT2D eigenvalue weighted by atomic mass is 10.1. The average Bonchev–Trinajstić information content (AvgIpc) is 2.67. The Bertz CT molecular complexity index is 996. The van der Waals surface area contributed by atoms with E-state index in [2.05, 4.69) is 20.9 Å². The molecule has 0 saturated heterocycles. The van der Waals surface area contributed by atoms with Crippen molar-refractivity contribution in [3.63, 3.8) is 0 Å². The van der Waals surface area contributed by atoms with Crippen LogP contribution in [-0.4, -0.2) is 16.8 Å². The summed E-state index contributed by atoms with van der Waals surface area (Å²) in [5.41, 5.74) is 5.00. The van der Waals surface area contributed by atoms with Crippen molar-refractivity contribution >= 4 is 34.7 Å². The molecule has 1 heterocycles. The molecule has 3 aromatic rings. The number of anilines is 4. The van der Waals surface area contributed by atoms with Crippen LogP contribution in [0.15, 0.2) is 60.8 Å². The second-order valence-corrected chi connectivity index (χ2v) is 6.52. The number of nitrogens with one attached hydrogen (secondary N) is 3. The second kappa shape index (κ2) is 8.35. The van der Waals surface area contributed by atoms with Gasteiger partial charge in [0.25, 0.3) is 5.91 Å². The Morgan fingerprint density at radius 3 is 2.21 bits per heavy atom. The molecule has 0 fully saturated rings. The van der Waals surface area contributed by atoms with Crippen molar-refractivity contribution in [1.29, 1.82) is 0 Å². The molecule has 0 saturated carbocycles. The maximum absolute atomic E-state index is 12.5. The summed E-state index contributed by atoms with van der Waals surface area (Å²) in [6.45, 7) is 5.46. The third-order valence-corrected chi connectivity index (χ3v) is 4.36. The Morgan fingerprint density at radius 2 is 1.57 bits per heavy atom. The fourth-order valence-corrected chi connectivity index (χ4v) is 2.67. The number of rotatable bonds is 5. The molecule has 2 aromatic carbocycles. The minimum atomic E-state index is -0.201. The predicted octanol–water partition coefficient (Wildman–Crippen LogP) is 4.65. The van der Waals surface area contributed by atoms with Gasteiger partial charge in [0, 0.05) is 30.2 Å². The molecule has 3 rings (SSSR count). The molecule has 0 unspecified atom stereocenters. The molecular weight excluding hydrogens is 352 g/mol. The average molecular weight is 374 g/mol. The van der Waals surface area contributed by atoms with Crippen LogP contribution in [0.1, 0.15) is 28.4 Å². The summed E-state index contributed by atoms with van der Waals surface area (Å²) in [4.78, 5) is 27.8. The summed E-state index contributed by atoms with van der Waals surface area (Å²) in [5, 5.41) is 8.80. The number of nitrogens with zero attached hydrogens (tertiary/aromatic N) is 1. The number of carbonyl (C=O) groups excluding carboxylic acids is 2. The van der Waals surface area contributed by atoms with Crippen LogP contribution in [0.4, 0.5) is 22.9 Å². The maximum atomic E-state index is 12.5. The third kappa shape index (κ3) is 4.73. The summed E-state index contributed by atoms with van der Waals surface area (Å²) in [7, 11) is 0. The van der Waals surface area contributed by atoms with Crippen LogP contribution >= 0.6 is 0 Å². The highest BCUT2D eigenvalue weighted by molar-refractivity contribution is 6.04. The zero-order chi connectivity index (χ0) is 20.1. The van der Waals surface area contributed by atoms with Crippen molar-refractivity contribution in [2.75, 3.05) is 16.0 Å². The highest BCUT2D eigenvalue weighted by Gasteiger charge is 2.09. The summed E-state index contributed by atoms with van der Waals surface area (Å²) < 4.78 is 0. The largest absolute Gasteiger partial charge is 0.340 e. The lowest BCUT2D eigenvalue weighted by molar-refractivity contribution is -0.114. The van der Waals surface area contributed by atoms with Crippen LogP contribution in [0.3, 0.4) is 0 Å². The molecule has 6 nitrogen and oxygen atoms in total. The molecule has 0 aliphatic heterocycles. The molecule has 0 aliphatic rings. The van der Waals surface area contributed by atoms with Crippen molar-refractivity contribution in [1.82, 2.24) is 4.98 Å². The molecular formula is C22H22N4O2. The van der Waals surface area contributed by atoms with Gasteiger partial charge in [0.1, 0.15) is 5.82 Å². The van der Waals surface area contributed by atoms with Gasteiger partial charge in [-0.05, 0) is 67.4 Å². The molecule has 2 amide bonds. The molecule has 142 valence electrons. The smallest absolute Gasteiger partial charge is 0.257 e. The Hall–Kier alpha value is -3.67. The fourth-order valence-electron chi connectivity index (χ4n) is 2.67. The zero-order valence-corrected chi connectivity index (χ0v) is 16.0. The number of pyridine rings is 1. The van der Waals surface area contributed by atoms with Crippen LogP contribution in [-0.2, 0) is 4.79 Å². The van der Waals surface area contributed by atoms with Gasteiger partial charge in [0.2, 0.25) is 5.91 Å². The highest BCUT2D eigenvalue weighted by Crippen LogP contribution is 2.20. The van der Waals surface area contributed by atoms with Crippen LogP contribution in [0, 0.1) is 13.8 Å². The first kappa shape index (κ1) is 19.1. The Labute approximate surface area is 164 Å². The quantitative estimate of drug-likeness (QED) is 0.607. The Balaban J connectivity index is 1.65. The van der Waals surface area contributed by atoms with E-state index in [0.29, 0.717) is 11.4 Å². The highest BCUT2D eigenvalue weighted by atomic mass is 16.2. The van der Waals surface area contributed by atoms with Crippen LogP contribution in [0.5, 0.6) is 0 Å². The predicted molar refractivity (Wildman–Crippen MR) is 112 cm³/mol. The normalized spacial score (nSPS) is 10.2. The summed E-state index contributed by atoms with van der Waals surface area (Å²) in [6, 6.07) is 16.6. The van der Waals surface area contributed by atoms with Crippen molar-refractivity contribution in [2.24, 2.45) is 0 Å². The monoisotopic (exact) mass is 374 g/mol.